The molecule has 0 saturated carbocycles. The van der Waals surface area contributed by atoms with E-state index in [1.54, 1.807) is 0 Å². The van der Waals surface area contributed by atoms with E-state index in [-0.39, 0.29) is 0 Å². The quantitative estimate of drug-likeness (QED) is 0.760. The Morgan fingerprint density at radius 1 is 1.38 bits per heavy atom. The van der Waals surface area contributed by atoms with Gasteiger partial charge in [0, 0.05) is 9.13 Å². The van der Waals surface area contributed by atoms with Gasteiger partial charge in [0.25, 0.3) is 0 Å². The van der Waals surface area contributed by atoms with Gasteiger partial charge in [0.1, 0.15) is 0 Å². The molecule has 2 aromatic rings. The first-order valence-electron chi connectivity index (χ1n) is 3.49. The molecular weight excluding hydrogens is 302 g/mol. The van der Waals surface area contributed by atoms with Crippen molar-refractivity contribution in [3.05, 3.63) is 33.2 Å². The van der Waals surface area contributed by atoms with E-state index in [0.29, 0.717) is 10.8 Å². The zero-order chi connectivity index (χ0) is 9.26. The first-order chi connectivity index (χ1) is 6.27. The smallest absolute Gasteiger partial charge is 0.214 e. The van der Waals surface area contributed by atoms with E-state index in [4.69, 9.17) is 11.6 Å². The molecule has 0 spiro atoms. The maximum atomic E-state index is 5.94. The molecule has 0 aliphatic carbocycles. The minimum Gasteiger partial charge on any atom is -0.342 e. The Kier molecular flexibility index (Phi) is 2.50. The Bertz CT molecular complexity index is 416. The predicted molar refractivity (Wildman–Crippen MR) is 57.5 cm³/mol. The summed E-state index contributed by atoms with van der Waals surface area (Å²) in [4.78, 5) is 3.92. The highest BCUT2D eigenvalue weighted by Crippen LogP contribution is 2.24. The van der Waals surface area contributed by atoms with Crippen molar-refractivity contribution >= 4 is 34.2 Å². The number of aromatic nitrogens is 2. The molecule has 0 amide bonds. The fourth-order valence-electron chi connectivity index (χ4n) is 0.933. The molecular formula is C8H4ClIN2O. The van der Waals surface area contributed by atoms with Crippen LogP contribution in [-0.2, 0) is 0 Å². The van der Waals surface area contributed by atoms with Crippen LogP contribution in [0.5, 0.6) is 0 Å². The lowest BCUT2D eigenvalue weighted by Crippen LogP contribution is -1.81. The molecule has 3 nitrogen and oxygen atoms in total. The van der Waals surface area contributed by atoms with E-state index < -0.39 is 0 Å². The average molecular weight is 306 g/mol. The van der Waals surface area contributed by atoms with Crippen LogP contribution in [-0.4, -0.2) is 10.1 Å². The van der Waals surface area contributed by atoms with Gasteiger partial charge in [-0.1, -0.05) is 16.8 Å². The fraction of sp³-hybridized carbons (Fsp3) is 0. The first kappa shape index (κ1) is 8.96. The Morgan fingerprint density at radius 3 is 2.85 bits per heavy atom. The van der Waals surface area contributed by atoms with Gasteiger partial charge in [0.05, 0.1) is 5.02 Å². The largest absolute Gasteiger partial charge is 0.342 e. The lowest BCUT2D eigenvalue weighted by atomic mass is 10.2. The van der Waals surface area contributed by atoms with E-state index in [2.05, 4.69) is 37.3 Å². The lowest BCUT2D eigenvalue weighted by Gasteiger charge is -1.97. The summed E-state index contributed by atoms with van der Waals surface area (Å²) in [6.45, 7) is 0. The molecule has 2 rings (SSSR count). The Balaban J connectivity index is 2.49. The highest BCUT2D eigenvalue weighted by molar-refractivity contribution is 14.1. The summed E-state index contributed by atoms with van der Waals surface area (Å²) in [7, 11) is 0. The van der Waals surface area contributed by atoms with Gasteiger partial charge in [-0.25, -0.2) is 0 Å². The van der Waals surface area contributed by atoms with Crippen molar-refractivity contribution in [3.8, 4) is 11.4 Å². The van der Waals surface area contributed by atoms with Crippen molar-refractivity contribution in [3.63, 3.8) is 0 Å². The molecule has 0 aliphatic rings. The summed E-state index contributed by atoms with van der Waals surface area (Å²) in [6.07, 6.45) is 1.29. The van der Waals surface area contributed by atoms with Gasteiger partial charge in [-0.15, -0.1) is 0 Å². The molecule has 66 valence electrons. The number of hydrogen-bond acceptors (Lipinski definition) is 3. The van der Waals surface area contributed by atoms with Gasteiger partial charge in [0.2, 0.25) is 12.2 Å². The predicted octanol–water partition coefficient (Wildman–Crippen LogP) is 2.99. The first-order valence-corrected chi connectivity index (χ1v) is 4.95. The molecule has 0 N–H and O–H groups in total. The van der Waals surface area contributed by atoms with Gasteiger partial charge in [0.15, 0.2) is 0 Å². The minimum absolute atomic E-state index is 0.554. The number of nitrogens with zero attached hydrogens (tertiary/aromatic N) is 2. The second-order valence-electron chi connectivity index (χ2n) is 2.38. The topological polar surface area (TPSA) is 38.9 Å². The van der Waals surface area contributed by atoms with Crippen molar-refractivity contribution in [2.45, 2.75) is 0 Å². The summed E-state index contributed by atoms with van der Waals surface area (Å²) < 4.78 is 5.64. The van der Waals surface area contributed by atoms with Gasteiger partial charge < -0.3 is 4.52 Å². The third kappa shape index (κ3) is 1.83. The molecule has 0 bridgehead atoms. The van der Waals surface area contributed by atoms with Crippen molar-refractivity contribution < 1.29 is 4.52 Å². The molecule has 1 aromatic carbocycles. The van der Waals surface area contributed by atoms with Crippen molar-refractivity contribution in [2.75, 3.05) is 0 Å². The number of rotatable bonds is 1. The fourth-order valence-corrected chi connectivity index (χ4v) is 1.45. The Morgan fingerprint density at radius 2 is 2.23 bits per heavy atom. The molecule has 0 unspecified atom stereocenters. The van der Waals surface area contributed by atoms with Gasteiger partial charge in [-0.3, -0.25) is 0 Å². The summed E-state index contributed by atoms with van der Waals surface area (Å²) in [6, 6.07) is 5.63. The number of halogens is 2. The summed E-state index contributed by atoms with van der Waals surface area (Å²) in [5, 5.41) is 4.41. The highest BCUT2D eigenvalue weighted by atomic mass is 127. The van der Waals surface area contributed by atoms with Crippen LogP contribution in [0.3, 0.4) is 0 Å². The SMILES string of the molecule is Clc1cc(-c2ncon2)ccc1I. The molecule has 1 heterocycles. The van der Waals surface area contributed by atoms with Crippen LogP contribution >= 0.6 is 34.2 Å². The van der Waals surface area contributed by atoms with Crippen LogP contribution in [0.15, 0.2) is 29.1 Å². The third-order valence-electron chi connectivity index (χ3n) is 1.54. The van der Waals surface area contributed by atoms with Crippen LogP contribution in [0.1, 0.15) is 0 Å². The molecule has 1 aromatic heterocycles. The average Bonchev–Trinajstić information content (AvgIpc) is 2.62. The number of hydrogen-bond donors (Lipinski definition) is 0. The van der Waals surface area contributed by atoms with Gasteiger partial charge in [-0.05, 0) is 40.8 Å². The molecule has 0 atom stereocenters. The van der Waals surface area contributed by atoms with Crippen LogP contribution in [0, 0.1) is 3.57 Å². The third-order valence-corrected chi connectivity index (χ3v) is 3.11. The molecule has 0 aliphatic heterocycles. The molecule has 13 heavy (non-hydrogen) atoms. The van der Waals surface area contributed by atoms with Crippen LogP contribution in [0.4, 0.5) is 0 Å². The minimum atomic E-state index is 0.554. The van der Waals surface area contributed by atoms with Crippen molar-refractivity contribution in [2.24, 2.45) is 0 Å². The van der Waals surface area contributed by atoms with Crippen molar-refractivity contribution in [1.82, 2.24) is 10.1 Å². The maximum Gasteiger partial charge on any atom is 0.214 e. The monoisotopic (exact) mass is 306 g/mol. The van der Waals surface area contributed by atoms with E-state index >= 15 is 0 Å². The van der Waals surface area contributed by atoms with Crippen LogP contribution in [0.25, 0.3) is 11.4 Å². The normalized spacial score (nSPS) is 10.3. The van der Waals surface area contributed by atoms with Crippen molar-refractivity contribution in [1.29, 1.82) is 0 Å². The van der Waals surface area contributed by atoms with E-state index in [1.165, 1.54) is 6.39 Å². The van der Waals surface area contributed by atoms with E-state index in [0.717, 1.165) is 9.13 Å². The second kappa shape index (κ2) is 3.63. The number of benzene rings is 1. The van der Waals surface area contributed by atoms with Gasteiger partial charge >= 0.3 is 0 Å². The second-order valence-corrected chi connectivity index (χ2v) is 3.95. The Hall–Kier alpha value is -0.620. The Labute approximate surface area is 93.2 Å². The lowest BCUT2D eigenvalue weighted by molar-refractivity contribution is 0.419. The van der Waals surface area contributed by atoms with E-state index in [1.807, 2.05) is 18.2 Å². The zero-order valence-electron chi connectivity index (χ0n) is 6.37. The molecule has 0 radical (unpaired) electrons. The molecule has 5 heteroatoms. The summed E-state index contributed by atoms with van der Waals surface area (Å²) in [5.41, 5.74) is 0.860. The van der Waals surface area contributed by atoms with Gasteiger partial charge in [-0.2, -0.15) is 4.98 Å². The van der Waals surface area contributed by atoms with Crippen LogP contribution in [0.2, 0.25) is 5.02 Å². The highest BCUT2D eigenvalue weighted by Gasteiger charge is 2.04. The summed E-state index contributed by atoms with van der Waals surface area (Å²) >= 11 is 8.10. The molecule has 0 saturated heterocycles. The maximum absolute atomic E-state index is 5.94. The van der Waals surface area contributed by atoms with Crippen LogP contribution < -0.4 is 0 Å². The summed E-state index contributed by atoms with van der Waals surface area (Å²) in [5.74, 6) is 0.554. The van der Waals surface area contributed by atoms with E-state index in [9.17, 15) is 0 Å². The zero-order valence-corrected chi connectivity index (χ0v) is 9.28. The molecule has 0 fully saturated rings. The standard InChI is InChI=1S/C8H4ClIN2O/c9-6-3-5(1-2-7(6)10)8-11-4-13-12-8/h1-4H.